The first-order chi connectivity index (χ1) is 12.7. The number of aromatic nitrogens is 6. The number of fused-ring (bicyclic) bond motifs is 1. The average molecular weight is 390 g/mol. The summed E-state index contributed by atoms with van der Waals surface area (Å²) in [5, 5.41) is 23.8. The van der Waals surface area contributed by atoms with Gasteiger partial charge < -0.3 is 9.64 Å². The monoisotopic (exact) mass is 389 g/mol. The molecular formula is C16H16ClN7OS. The zero-order chi connectivity index (χ0) is 17.6. The molecule has 1 atom stereocenters. The number of H-pyrrole nitrogens is 1. The fraction of sp³-hybridized carbons (Fsp3) is 0.438. The Bertz CT molecular complexity index is 907. The molecule has 0 amide bonds. The van der Waals surface area contributed by atoms with Gasteiger partial charge in [-0.3, -0.25) is 0 Å². The number of ether oxygens (including phenoxy) is 1. The molecule has 2 aliphatic rings. The van der Waals surface area contributed by atoms with Crippen LogP contribution in [0.1, 0.15) is 18.4 Å². The van der Waals surface area contributed by atoms with Crippen LogP contribution >= 0.6 is 22.9 Å². The number of rotatable bonds is 2. The molecule has 1 saturated heterocycles. The van der Waals surface area contributed by atoms with Crippen molar-refractivity contribution in [1.82, 2.24) is 30.8 Å². The lowest BCUT2D eigenvalue weighted by Gasteiger charge is -2.47. The lowest BCUT2D eigenvalue weighted by Crippen LogP contribution is -2.55. The molecule has 0 bridgehead atoms. The van der Waals surface area contributed by atoms with Crippen LogP contribution in [-0.2, 0) is 6.42 Å². The molecule has 3 aromatic rings. The molecule has 1 fully saturated rings. The molecular weight excluding hydrogens is 374 g/mol. The van der Waals surface area contributed by atoms with Gasteiger partial charge in [-0.1, -0.05) is 29.5 Å². The Morgan fingerprint density at radius 1 is 1.19 bits per heavy atom. The highest BCUT2D eigenvalue weighted by Gasteiger charge is 2.46. The fourth-order valence-corrected chi connectivity index (χ4v) is 4.87. The summed E-state index contributed by atoms with van der Waals surface area (Å²) in [6.45, 7) is 1.65. The van der Waals surface area contributed by atoms with Gasteiger partial charge >= 0.3 is 0 Å². The molecule has 26 heavy (non-hydrogen) atoms. The number of nitrogens with zero attached hydrogens (tertiary/aromatic N) is 6. The molecule has 1 spiro atoms. The standard InChI is InChI=1S/C16H16ClN7OS/c17-12-9-10-3-1-2-4-11(10)25-16(12)5-7-24(8-6-16)15-21-20-14(26-15)13-18-22-23-19-13/h1-4,12H,5-9H2,(H,18,19,22,23). The number of nitrogens with one attached hydrogen (secondary N) is 1. The van der Waals surface area contributed by atoms with Gasteiger partial charge in [0.1, 0.15) is 11.4 Å². The minimum absolute atomic E-state index is 0.0242. The van der Waals surface area contributed by atoms with E-state index in [-0.39, 0.29) is 11.0 Å². The van der Waals surface area contributed by atoms with Crippen molar-refractivity contribution < 1.29 is 4.74 Å². The lowest BCUT2D eigenvalue weighted by atomic mass is 9.82. The van der Waals surface area contributed by atoms with E-state index >= 15 is 0 Å². The number of para-hydroxylation sites is 1. The third-order valence-electron chi connectivity index (χ3n) is 5.09. The Hall–Kier alpha value is -2.26. The van der Waals surface area contributed by atoms with Crippen LogP contribution in [0.15, 0.2) is 24.3 Å². The van der Waals surface area contributed by atoms with Gasteiger partial charge in [-0.05, 0) is 23.3 Å². The lowest BCUT2D eigenvalue weighted by molar-refractivity contribution is 0.0266. The number of alkyl halides is 1. The van der Waals surface area contributed by atoms with E-state index in [4.69, 9.17) is 16.3 Å². The SMILES string of the molecule is ClC1Cc2ccccc2OC12CCN(c1nnc(-c3nn[nH]n3)s1)CC2. The van der Waals surface area contributed by atoms with E-state index < -0.39 is 0 Å². The van der Waals surface area contributed by atoms with Crippen LogP contribution in [-0.4, -0.2) is 54.9 Å². The van der Waals surface area contributed by atoms with Gasteiger partial charge in [0.2, 0.25) is 11.0 Å². The van der Waals surface area contributed by atoms with Gasteiger partial charge in [0.25, 0.3) is 0 Å². The molecule has 10 heteroatoms. The molecule has 8 nitrogen and oxygen atoms in total. The van der Waals surface area contributed by atoms with Crippen molar-refractivity contribution in [3.8, 4) is 16.6 Å². The molecule has 1 unspecified atom stereocenters. The van der Waals surface area contributed by atoms with Gasteiger partial charge in [0.05, 0.1) is 5.38 Å². The van der Waals surface area contributed by atoms with Crippen LogP contribution in [0.5, 0.6) is 5.75 Å². The second-order valence-electron chi connectivity index (χ2n) is 6.56. The second-order valence-corrected chi connectivity index (χ2v) is 8.04. The molecule has 5 rings (SSSR count). The summed E-state index contributed by atoms with van der Waals surface area (Å²) in [6.07, 6.45) is 2.55. The predicted molar refractivity (Wildman–Crippen MR) is 97.7 cm³/mol. The predicted octanol–water partition coefficient (Wildman–Crippen LogP) is 2.30. The van der Waals surface area contributed by atoms with Crippen molar-refractivity contribution >= 4 is 28.1 Å². The first-order valence-corrected chi connectivity index (χ1v) is 9.72. The Kier molecular flexibility index (Phi) is 3.79. The summed E-state index contributed by atoms with van der Waals surface area (Å²) in [5.74, 6) is 1.43. The van der Waals surface area contributed by atoms with E-state index in [1.54, 1.807) is 0 Å². The van der Waals surface area contributed by atoms with Crippen LogP contribution in [0, 0.1) is 0 Å². The number of piperidine rings is 1. The van der Waals surface area contributed by atoms with Crippen LogP contribution in [0.25, 0.3) is 10.8 Å². The van der Waals surface area contributed by atoms with Crippen molar-refractivity contribution in [3.05, 3.63) is 29.8 Å². The van der Waals surface area contributed by atoms with Gasteiger partial charge in [-0.25, -0.2) is 0 Å². The zero-order valence-corrected chi connectivity index (χ0v) is 15.4. The topological polar surface area (TPSA) is 92.7 Å². The molecule has 1 aromatic carbocycles. The van der Waals surface area contributed by atoms with Gasteiger partial charge in [-0.15, -0.1) is 32.0 Å². The molecule has 0 aliphatic carbocycles. The maximum absolute atomic E-state index is 6.75. The summed E-state index contributed by atoms with van der Waals surface area (Å²) in [4.78, 5) is 2.22. The van der Waals surface area contributed by atoms with Gasteiger partial charge in [0, 0.05) is 25.9 Å². The summed E-state index contributed by atoms with van der Waals surface area (Å²) in [5.41, 5.74) is 0.877. The summed E-state index contributed by atoms with van der Waals surface area (Å²) < 4.78 is 6.40. The van der Waals surface area contributed by atoms with Crippen molar-refractivity contribution in [3.63, 3.8) is 0 Å². The van der Waals surface area contributed by atoms with E-state index in [2.05, 4.69) is 41.8 Å². The molecule has 134 valence electrons. The van der Waals surface area contributed by atoms with Crippen LogP contribution < -0.4 is 9.64 Å². The van der Waals surface area contributed by atoms with Crippen molar-refractivity contribution in [2.24, 2.45) is 0 Å². The van der Waals surface area contributed by atoms with Crippen LogP contribution in [0.2, 0.25) is 0 Å². The van der Waals surface area contributed by atoms with E-state index in [1.165, 1.54) is 16.9 Å². The normalized spacial score (nSPS) is 21.4. The summed E-state index contributed by atoms with van der Waals surface area (Å²) in [7, 11) is 0. The Morgan fingerprint density at radius 2 is 2.04 bits per heavy atom. The van der Waals surface area contributed by atoms with Crippen molar-refractivity contribution in [2.75, 3.05) is 18.0 Å². The van der Waals surface area contributed by atoms with Crippen molar-refractivity contribution in [2.45, 2.75) is 30.2 Å². The van der Waals surface area contributed by atoms with Gasteiger partial charge in [0.15, 0.2) is 5.01 Å². The number of hydrogen-bond donors (Lipinski definition) is 1. The second kappa shape index (κ2) is 6.17. The molecule has 4 heterocycles. The Balaban J connectivity index is 1.32. The average Bonchev–Trinajstić information content (AvgIpc) is 3.35. The number of tetrazole rings is 1. The summed E-state index contributed by atoms with van der Waals surface area (Å²) >= 11 is 8.22. The highest BCUT2D eigenvalue weighted by atomic mass is 35.5. The zero-order valence-electron chi connectivity index (χ0n) is 13.8. The number of hydrogen-bond acceptors (Lipinski definition) is 8. The van der Waals surface area contributed by atoms with Gasteiger partial charge in [-0.2, -0.15) is 5.21 Å². The number of aromatic amines is 1. The van der Waals surface area contributed by atoms with E-state index in [0.29, 0.717) is 10.8 Å². The Labute approximate surface area is 158 Å². The molecule has 1 N–H and O–H groups in total. The van der Waals surface area contributed by atoms with E-state index in [9.17, 15) is 0 Å². The number of benzene rings is 1. The van der Waals surface area contributed by atoms with Crippen molar-refractivity contribution in [1.29, 1.82) is 0 Å². The van der Waals surface area contributed by atoms with E-state index in [0.717, 1.165) is 43.2 Å². The number of anilines is 1. The molecule has 2 aliphatic heterocycles. The molecule has 0 radical (unpaired) electrons. The van der Waals surface area contributed by atoms with E-state index in [1.807, 2.05) is 18.2 Å². The first-order valence-electron chi connectivity index (χ1n) is 8.47. The molecule has 0 saturated carbocycles. The van der Waals surface area contributed by atoms with Crippen LogP contribution in [0.3, 0.4) is 0 Å². The highest BCUT2D eigenvalue weighted by Crippen LogP contribution is 2.42. The smallest absolute Gasteiger partial charge is 0.235 e. The third-order valence-corrected chi connectivity index (χ3v) is 6.62. The first kappa shape index (κ1) is 16.0. The largest absolute Gasteiger partial charge is 0.485 e. The highest BCUT2D eigenvalue weighted by molar-refractivity contribution is 7.18. The Morgan fingerprint density at radius 3 is 2.85 bits per heavy atom. The summed E-state index contributed by atoms with van der Waals surface area (Å²) in [6, 6.07) is 8.17. The quantitative estimate of drug-likeness (QED) is 0.672. The maximum atomic E-state index is 6.75. The fourth-order valence-electron chi connectivity index (χ4n) is 3.61. The minimum atomic E-state index is -0.312. The minimum Gasteiger partial charge on any atom is -0.485 e. The van der Waals surface area contributed by atoms with Crippen LogP contribution in [0.4, 0.5) is 5.13 Å². The maximum Gasteiger partial charge on any atom is 0.235 e. The number of halogens is 1. The third kappa shape index (κ3) is 2.62. The molecule has 2 aromatic heterocycles.